The van der Waals surface area contributed by atoms with Crippen LogP contribution in [0.4, 0.5) is 5.69 Å². The summed E-state index contributed by atoms with van der Waals surface area (Å²) < 4.78 is 0. The molecule has 0 saturated heterocycles. The van der Waals surface area contributed by atoms with Crippen LogP contribution in [0.25, 0.3) is 0 Å². The predicted octanol–water partition coefficient (Wildman–Crippen LogP) is 3.58. The molecule has 0 amide bonds. The zero-order valence-electron chi connectivity index (χ0n) is 10.9. The molecule has 3 nitrogen and oxygen atoms in total. The average Bonchev–Trinajstić information content (AvgIpc) is 2.35. The Bertz CT molecular complexity index is 535. The SMILES string of the molecule is Cc1ccc(O)c(C(C)Nc2ccc(C)nc2)c1. The van der Waals surface area contributed by atoms with E-state index in [2.05, 4.69) is 10.3 Å². The Morgan fingerprint density at radius 2 is 1.94 bits per heavy atom. The van der Waals surface area contributed by atoms with Crippen molar-refractivity contribution in [3.05, 3.63) is 53.3 Å². The van der Waals surface area contributed by atoms with Crippen molar-refractivity contribution < 1.29 is 5.11 Å². The first-order chi connectivity index (χ1) is 8.56. The minimum atomic E-state index is 0.0365. The van der Waals surface area contributed by atoms with Gasteiger partial charge in [0.2, 0.25) is 0 Å². The molecule has 1 atom stereocenters. The first kappa shape index (κ1) is 12.4. The van der Waals surface area contributed by atoms with Crippen LogP contribution in [-0.4, -0.2) is 10.1 Å². The molecular formula is C15H18N2O. The molecule has 2 rings (SSSR count). The van der Waals surface area contributed by atoms with Crippen LogP contribution in [0.5, 0.6) is 5.75 Å². The third-order valence-electron chi connectivity index (χ3n) is 2.94. The third kappa shape index (κ3) is 2.80. The number of aryl methyl sites for hydroxylation is 2. The van der Waals surface area contributed by atoms with E-state index < -0.39 is 0 Å². The van der Waals surface area contributed by atoms with Gasteiger partial charge in [0.05, 0.1) is 17.9 Å². The number of pyridine rings is 1. The van der Waals surface area contributed by atoms with Gasteiger partial charge in [-0.05, 0) is 39.0 Å². The Balaban J connectivity index is 2.18. The van der Waals surface area contributed by atoms with Crippen LogP contribution in [0.2, 0.25) is 0 Å². The summed E-state index contributed by atoms with van der Waals surface area (Å²) in [5.41, 5.74) is 3.98. The Morgan fingerprint density at radius 3 is 2.61 bits per heavy atom. The van der Waals surface area contributed by atoms with Crippen molar-refractivity contribution in [2.75, 3.05) is 5.32 Å². The summed E-state index contributed by atoms with van der Waals surface area (Å²) in [5.74, 6) is 0.320. The molecule has 1 aromatic heterocycles. The number of nitrogens with zero attached hydrogens (tertiary/aromatic N) is 1. The molecule has 0 aliphatic rings. The van der Waals surface area contributed by atoms with Crippen molar-refractivity contribution in [1.29, 1.82) is 0 Å². The standard InChI is InChI=1S/C15H18N2O/c1-10-4-7-15(18)14(8-10)12(3)17-13-6-5-11(2)16-9-13/h4-9,12,17-18H,1-3H3. The second-order valence-electron chi connectivity index (χ2n) is 4.62. The van der Waals surface area contributed by atoms with Crippen LogP contribution in [0.15, 0.2) is 36.5 Å². The molecule has 0 saturated carbocycles. The van der Waals surface area contributed by atoms with Gasteiger partial charge in [-0.3, -0.25) is 4.98 Å². The molecule has 18 heavy (non-hydrogen) atoms. The van der Waals surface area contributed by atoms with Gasteiger partial charge < -0.3 is 10.4 Å². The van der Waals surface area contributed by atoms with Gasteiger partial charge in [0, 0.05) is 11.3 Å². The summed E-state index contributed by atoms with van der Waals surface area (Å²) >= 11 is 0. The molecule has 1 aromatic carbocycles. The maximum Gasteiger partial charge on any atom is 0.120 e. The largest absolute Gasteiger partial charge is 0.508 e. The predicted molar refractivity (Wildman–Crippen MR) is 73.9 cm³/mol. The van der Waals surface area contributed by atoms with Gasteiger partial charge in [-0.15, -0.1) is 0 Å². The first-order valence-corrected chi connectivity index (χ1v) is 6.05. The summed E-state index contributed by atoms with van der Waals surface area (Å²) in [6.45, 7) is 6.00. The van der Waals surface area contributed by atoms with Gasteiger partial charge in [-0.1, -0.05) is 17.7 Å². The van der Waals surface area contributed by atoms with Crippen LogP contribution in [0.1, 0.15) is 29.8 Å². The molecule has 0 fully saturated rings. The van der Waals surface area contributed by atoms with E-state index in [4.69, 9.17) is 0 Å². The Labute approximate surface area is 108 Å². The lowest BCUT2D eigenvalue weighted by atomic mass is 10.0. The number of aromatic hydroxyl groups is 1. The summed E-state index contributed by atoms with van der Waals surface area (Å²) in [5, 5.41) is 13.2. The molecule has 1 unspecified atom stereocenters. The number of phenolic OH excluding ortho intramolecular Hbond substituents is 1. The van der Waals surface area contributed by atoms with E-state index >= 15 is 0 Å². The van der Waals surface area contributed by atoms with Gasteiger partial charge in [-0.25, -0.2) is 0 Å². The molecule has 0 spiro atoms. The highest BCUT2D eigenvalue weighted by Crippen LogP contribution is 2.27. The average molecular weight is 242 g/mol. The number of phenols is 1. The van der Waals surface area contributed by atoms with E-state index in [1.165, 1.54) is 0 Å². The monoisotopic (exact) mass is 242 g/mol. The lowest BCUT2D eigenvalue weighted by molar-refractivity contribution is 0.465. The topological polar surface area (TPSA) is 45.1 Å². The highest BCUT2D eigenvalue weighted by molar-refractivity contribution is 5.46. The quantitative estimate of drug-likeness (QED) is 0.864. The molecule has 3 heteroatoms. The van der Waals surface area contributed by atoms with Gasteiger partial charge in [0.1, 0.15) is 5.75 Å². The second kappa shape index (κ2) is 5.08. The zero-order chi connectivity index (χ0) is 13.1. The van der Waals surface area contributed by atoms with Gasteiger partial charge in [0.25, 0.3) is 0 Å². The summed E-state index contributed by atoms with van der Waals surface area (Å²) in [6, 6.07) is 9.62. The van der Waals surface area contributed by atoms with Crippen molar-refractivity contribution in [2.45, 2.75) is 26.8 Å². The number of anilines is 1. The minimum Gasteiger partial charge on any atom is -0.508 e. The zero-order valence-corrected chi connectivity index (χ0v) is 10.9. The number of rotatable bonds is 3. The van der Waals surface area contributed by atoms with E-state index in [0.717, 1.165) is 22.5 Å². The highest BCUT2D eigenvalue weighted by Gasteiger charge is 2.10. The smallest absolute Gasteiger partial charge is 0.120 e. The van der Waals surface area contributed by atoms with Crippen LogP contribution in [-0.2, 0) is 0 Å². The summed E-state index contributed by atoms with van der Waals surface area (Å²) in [7, 11) is 0. The number of nitrogens with one attached hydrogen (secondary N) is 1. The van der Waals surface area contributed by atoms with Crippen molar-refractivity contribution in [1.82, 2.24) is 4.98 Å². The highest BCUT2D eigenvalue weighted by atomic mass is 16.3. The molecule has 94 valence electrons. The Morgan fingerprint density at radius 1 is 1.17 bits per heavy atom. The van der Waals surface area contributed by atoms with Crippen molar-refractivity contribution in [3.63, 3.8) is 0 Å². The molecular weight excluding hydrogens is 224 g/mol. The fraction of sp³-hybridized carbons (Fsp3) is 0.267. The van der Waals surface area contributed by atoms with Crippen LogP contribution in [0.3, 0.4) is 0 Å². The number of hydrogen-bond acceptors (Lipinski definition) is 3. The fourth-order valence-electron chi connectivity index (χ4n) is 1.90. The maximum atomic E-state index is 9.87. The lowest BCUT2D eigenvalue weighted by Crippen LogP contribution is -2.07. The van der Waals surface area contributed by atoms with E-state index in [-0.39, 0.29) is 6.04 Å². The minimum absolute atomic E-state index is 0.0365. The summed E-state index contributed by atoms with van der Waals surface area (Å²) in [6.07, 6.45) is 1.80. The third-order valence-corrected chi connectivity index (χ3v) is 2.94. The number of aromatic nitrogens is 1. The van der Waals surface area contributed by atoms with E-state index in [9.17, 15) is 5.11 Å². The Hall–Kier alpha value is -2.03. The van der Waals surface area contributed by atoms with E-state index in [1.807, 2.05) is 45.0 Å². The second-order valence-corrected chi connectivity index (χ2v) is 4.62. The van der Waals surface area contributed by atoms with Crippen LogP contribution in [0, 0.1) is 13.8 Å². The fourth-order valence-corrected chi connectivity index (χ4v) is 1.90. The van der Waals surface area contributed by atoms with Crippen molar-refractivity contribution in [3.8, 4) is 5.75 Å². The molecule has 2 aromatic rings. The van der Waals surface area contributed by atoms with Crippen LogP contribution >= 0.6 is 0 Å². The molecule has 0 aliphatic carbocycles. The first-order valence-electron chi connectivity index (χ1n) is 6.05. The van der Waals surface area contributed by atoms with E-state index in [0.29, 0.717) is 5.75 Å². The molecule has 2 N–H and O–H groups in total. The summed E-state index contributed by atoms with van der Waals surface area (Å²) in [4.78, 5) is 4.24. The van der Waals surface area contributed by atoms with Crippen LogP contribution < -0.4 is 5.32 Å². The number of hydrogen-bond donors (Lipinski definition) is 2. The van der Waals surface area contributed by atoms with E-state index in [1.54, 1.807) is 12.3 Å². The van der Waals surface area contributed by atoms with Crippen molar-refractivity contribution in [2.24, 2.45) is 0 Å². The molecule has 0 radical (unpaired) electrons. The maximum absolute atomic E-state index is 9.87. The van der Waals surface area contributed by atoms with Gasteiger partial charge >= 0.3 is 0 Å². The van der Waals surface area contributed by atoms with Gasteiger partial charge in [-0.2, -0.15) is 0 Å². The molecule has 0 bridgehead atoms. The lowest BCUT2D eigenvalue weighted by Gasteiger charge is -2.17. The number of benzene rings is 1. The van der Waals surface area contributed by atoms with Gasteiger partial charge in [0.15, 0.2) is 0 Å². The Kier molecular flexibility index (Phi) is 3.51. The molecule has 1 heterocycles. The molecule has 0 aliphatic heterocycles. The normalized spacial score (nSPS) is 12.2. The van der Waals surface area contributed by atoms with Crippen molar-refractivity contribution >= 4 is 5.69 Å².